The van der Waals surface area contributed by atoms with Gasteiger partial charge in [0, 0.05) is 5.56 Å². The maximum Gasteiger partial charge on any atom is 0.416 e. The zero-order valence-electron chi connectivity index (χ0n) is 9.30. The fraction of sp³-hybridized carbons (Fsp3) is 0.0769. The van der Waals surface area contributed by atoms with Gasteiger partial charge in [0.25, 0.3) is 0 Å². The van der Waals surface area contributed by atoms with E-state index in [1.807, 2.05) is 0 Å². The minimum absolute atomic E-state index is 0.00672. The minimum atomic E-state index is -4.38. The topological polar surface area (TPSA) is 20.2 Å². The number of alkyl halides is 3. The third-order valence-electron chi connectivity index (χ3n) is 2.59. The van der Waals surface area contributed by atoms with Crippen LogP contribution >= 0.6 is 23.2 Å². The van der Waals surface area contributed by atoms with Gasteiger partial charge in [-0.2, -0.15) is 13.2 Å². The lowest BCUT2D eigenvalue weighted by molar-refractivity contribution is -0.137. The molecule has 0 heterocycles. The number of aromatic hydroxyl groups is 1. The highest BCUT2D eigenvalue weighted by Gasteiger charge is 2.30. The summed E-state index contributed by atoms with van der Waals surface area (Å²) in [6.45, 7) is 0. The van der Waals surface area contributed by atoms with Crippen LogP contribution in [0.3, 0.4) is 0 Å². The minimum Gasteiger partial charge on any atom is -0.505 e. The predicted molar refractivity (Wildman–Crippen MR) is 68.6 cm³/mol. The van der Waals surface area contributed by atoms with Crippen molar-refractivity contribution in [2.45, 2.75) is 6.18 Å². The number of hydrogen-bond donors (Lipinski definition) is 1. The molecule has 2 aromatic rings. The van der Waals surface area contributed by atoms with E-state index in [4.69, 9.17) is 23.2 Å². The molecule has 1 N–H and O–H groups in total. The van der Waals surface area contributed by atoms with Crippen LogP contribution in [0.25, 0.3) is 11.1 Å². The van der Waals surface area contributed by atoms with Crippen molar-refractivity contribution in [3.05, 3.63) is 52.0 Å². The Bertz CT molecular complexity index is 607. The van der Waals surface area contributed by atoms with E-state index in [1.54, 1.807) is 0 Å². The molecule has 2 aromatic carbocycles. The monoisotopic (exact) mass is 306 g/mol. The highest BCUT2D eigenvalue weighted by atomic mass is 35.5. The standard InChI is InChI=1S/C13H7Cl2F3O/c14-10-6-5-9(11(15)12(10)19)7-1-3-8(4-2-7)13(16,17)18/h1-6,19H. The van der Waals surface area contributed by atoms with Gasteiger partial charge in [-0.3, -0.25) is 0 Å². The van der Waals surface area contributed by atoms with E-state index in [9.17, 15) is 18.3 Å². The number of halogens is 5. The SMILES string of the molecule is Oc1c(Cl)ccc(-c2ccc(C(F)(F)F)cc2)c1Cl. The summed E-state index contributed by atoms with van der Waals surface area (Å²) in [5.74, 6) is -0.291. The van der Waals surface area contributed by atoms with Gasteiger partial charge in [0.05, 0.1) is 15.6 Å². The molecule has 0 aliphatic rings. The lowest BCUT2D eigenvalue weighted by atomic mass is 10.0. The molecule has 0 aliphatic carbocycles. The van der Waals surface area contributed by atoms with Gasteiger partial charge >= 0.3 is 6.18 Å². The maximum atomic E-state index is 12.4. The third kappa shape index (κ3) is 2.80. The van der Waals surface area contributed by atoms with Gasteiger partial charge in [-0.05, 0) is 23.8 Å². The summed E-state index contributed by atoms with van der Waals surface area (Å²) in [5.41, 5.74) is 0.132. The molecule has 0 aromatic heterocycles. The zero-order valence-corrected chi connectivity index (χ0v) is 10.8. The van der Waals surface area contributed by atoms with E-state index < -0.39 is 11.7 Å². The average molecular weight is 307 g/mol. The van der Waals surface area contributed by atoms with E-state index in [0.717, 1.165) is 12.1 Å². The van der Waals surface area contributed by atoms with Crippen LogP contribution in [0.2, 0.25) is 10.0 Å². The normalized spacial score (nSPS) is 11.6. The van der Waals surface area contributed by atoms with Crippen molar-refractivity contribution in [2.75, 3.05) is 0 Å². The van der Waals surface area contributed by atoms with E-state index >= 15 is 0 Å². The van der Waals surface area contributed by atoms with Gasteiger partial charge in [0.1, 0.15) is 0 Å². The van der Waals surface area contributed by atoms with E-state index in [-0.39, 0.29) is 15.8 Å². The number of rotatable bonds is 1. The predicted octanol–water partition coefficient (Wildman–Crippen LogP) is 5.38. The summed E-state index contributed by atoms with van der Waals surface area (Å²) in [5, 5.41) is 9.68. The molecule has 6 heteroatoms. The second kappa shape index (κ2) is 4.94. The van der Waals surface area contributed by atoms with Crippen molar-refractivity contribution in [1.82, 2.24) is 0 Å². The van der Waals surface area contributed by atoms with E-state index in [0.29, 0.717) is 11.1 Å². The van der Waals surface area contributed by atoms with Crippen LogP contribution in [-0.2, 0) is 6.18 Å². The average Bonchev–Trinajstić information content (AvgIpc) is 2.35. The molecule has 0 saturated carbocycles. The van der Waals surface area contributed by atoms with Crippen LogP contribution in [0.5, 0.6) is 5.75 Å². The third-order valence-corrected chi connectivity index (χ3v) is 3.28. The van der Waals surface area contributed by atoms with Crippen molar-refractivity contribution in [3.63, 3.8) is 0 Å². The van der Waals surface area contributed by atoms with Crippen LogP contribution in [0.1, 0.15) is 5.56 Å². The molecule has 19 heavy (non-hydrogen) atoms. The number of hydrogen-bond acceptors (Lipinski definition) is 1. The summed E-state index contributed by atoms with van der Waals surface area (Å²) < 4.78 is 37.3. The quantitative estimate of drug-likeness (QED) is 0.749. The molecular formula is C13H7Cl2F3O. The Kier molecular flexibility index (Phi) is 3.65. The molecule has 0 amide bonds. The van der Waals surface area contributed by atoms with Gasteiger partial charge in [-0.1, -0.05) is 41.4 Å². The summed E-state index contributed by atoms with van der Waals surface area (Å²) in [6, 6.07) is 7.45. The van der Waals surface area contributed by atoms with Gasteiger partial charge in [0.15, 0.2) is 5.75 Å². The Labute approximate surface area is 117 Å². The Morgan fingerprint density at radius 3 is 2.00 bits per heavy atom. The van der Waals surface area contributed by atoms with Gasteiger partial charge in [-0.15, -0.1) is 0 Å². The lowest BCUT2D eigenvalue weighted by Crippen LogP contribution is -2.03. The summed E-state index contributed by atoms with van der Waals surface area (Å²) >= 11 is 11.6. The van der Waals surface area contributed by atoms with Gasteiger partial charge in [0.2, 0.25) is 0 Å². The molecule has 0 aliphatic heterocycles. The molecule has 0 spiro atoms. The molecule has 0 bridgehead atoms. The van der Waals surface area contributed by atoms with Crippen molar-refractivity contribution in [1.29, 1.82) is 0 Å². The number of benzene rings is 2. The summed E-state index contributed by atoms with van der Waals surface area (Å²) in [7, 11) is 0. The molecule has 1 nitrogen and oxygen atoms in total. The lowest BCUT2D eigenvalue weighted by Gasteiger charge is -2.10. The number of phenols is 1. The Morgan fingerprint density at radius 1 is 0.895 bits per heavy atom. The Morgan fingerprint density at radius 2 is 1.47 bits per heavy atom. The molecule has 0 radical (unpaired) electrons. The van der Waals surface area contributed by atoms with E-state index in [2.05, 4.69) is 0 Å². The highest BCUT2D eigenvalue weighted by molar-refractivity contribution is 6.38. The second-order valence-electron chi connectivity index (χ2n) is 3.83. The summed E-state index contributed by atoms with van der Waals surface area (Å²) in [4.78, 5) is 0. The first-order chi connectivity index (χ1) is 8.80. The summed E-state index contributed by atoms with van der Waals surface area (Å²) in [6.07, 6.45) is -4.38. The van der Waals surface area contributed by atoms with Crippen LogP contribution in [0.4, 0.5) is 13.2 Å². The largest absolute Gasteiger partial charge is 0.505 e. The molecule has 0 saturated heterocycles. The maximum absolute atomic E-state index is 12.4. The van der Waals surface area contributed by atoms with Crippen LogP contribution < -0.4 is 0 Å². The highest BCUT2D eigenvalue weighted by Crippen LogP contribution is 2.40. The van der Waals surface area contributed by atoms with Crippen molar-refractivity contribution in [2.24, 2.45) is 0 Å². The van der Waals surface area contributed by atoms with Crippen molar-refractivity contribution in [3.8, 4) is 16.9 Å². The zero-order chi connectivity index (χ0) is 14.2. The van der Waals surface area contributed by atoms with Crippen LogP contribution in [0.15, 0.2) is 36.4 Å². The first-order valence-electron chi connectivity index (χ1n) is 5.15. The van der Waals surface area contributed by atoms with Crippen LogP contribution in [-0.4, -0.2) is 5.11 Å². The molecule has 2 rings (SSSR count). The smallest absolute Gasteiger partial charge is 0.416 e. The van der Waals surface area contributed by atoms with E-state index in [1.165, 1.54) is 24.3 Å². The van der Waals surface area contributed by atoms with Gasteiger partial charge in [-0.25, -0.2) is 0 Å². The Hall–Kier alpha value is -1.39. The molecule has 0 unspecified atom stereocenters. The number of phenolic OH excluding ortho intramolecular Hbond substituents is 1. The first-order valence-corrected chi connectivity index (χ1v) is 5.91. The van der Waals surface area contributed by atoms with Crippen molar-refractivity contribution < 1.29 is 18.3 Å². The first kappa shape index (κ1) is 14.0. The fourth-order valence-electron chi connectivity index (χ4n) is 1.60. The molecule has 100 valence electrons. The van der Waals surface area contributed by atoms with Crippen LogP contribution in [0, 0.1) is 0 Å². The second-order valence-corrected chi connectivity index (χ2v) is 4.62. The molecular weight excluding hydrogens is 300 g/mol. The van der Waals surface area contributed by atoms with Crippen molar-refractivity contribution >= 4 is 23.2 Å². The molecule has 0 atom stereocenters. The molecule has 0 fully saturated rings. The Balaban J connectivity index is 2.46. The van der Waals surface area contributed by atoms with Gasteiger partial charge < -0.3 is 5.11 Å². The fourth-order valence-corrected chi connectivity index (χ4v) is 2.08.